The summed E-state index contributed by atoms with van der Waals surface area (Å²) in [7, 11) is 4.02. The van der Waals surface area contributed by atoms with E-state index in [1.54, 1.807) is 13.1 Å². The highest BCUT2D eigenvalue weighted by molar-refractivity contribution is 6.36. The Hall–Kier alpha value is -2.34. The van der Waals surface area contributed by atoms with Crippen LogP contribution in [-0.4, -0.2) is 81.7 Å². The third-order valence-electron chi connectivity index (χ3n) is 4.90. The first-order valence-corrected chi connectivity index (χ1v) is 11.2. The first kappa shape index (κ1) is 27.9. The van der Waals surface area contributed by atoms with E-state index in [0.717, 1.165) is 0 Å². The van der Waals surface area contributed by atoms with Gasteiger partial charge in [-0.25, -0.2) is 0 Å². The van der Waals surface area contributed by atoms with Crippen molar-refractivity contribution < 1.29 is 33.3 Å². The second kappa shape index (κ2) is 12.9. The zero-order valence-corrected chi connectivity index (χ0v) is 20.8. The third-order valence-corrected chi connectivity index (χ3v) is 5.46. The summed E-state index contributed by atoms with van der Waals surface area (Å²) in [6, 6.07) is 3.49. The minimum Gasteiger partial charge on any atom is -0.534 e. The number of likely N-dealkylation sites (N-methyl/N-ethyl adjacent to an activating group) is 1. The number of amides is 2. The molecular formula is C21H27BCl2N3O7. The fourth-order valence-electron chi connectivity index (χ4n) is 3.28. The number of carbonyl (C=O) groups is 4. The Balaban J connectivity index is 1.92. The van der Waals surface area contributed by atoms with E-state index in [1.807, 2.05) is 13.8 Å². The van der Waals surface area contributed by atoms with Crippen molar-refractivity contribution in [1.29, 1.82) is 0 Å². The van der Waals surface area contributed by atoms with E-state index in [0.29, 0.717) is 11.4 Å². The molecule has 2 rings (SSSR count). The molecule has 13 heteroatoms. The van der Waals surface area contributed by atoms with Crippen LogP contribution in [0.25, 0.3) is 0 Å². The van der Waals surface area contributed by atoms with Crippen LogP contribution in [-0.2, 0) is 28.5 Å². The molecule has 1 saturated heterocycles. The van der Waals surface area contributed by atoms with E-state index in [9.17, 15) is 19.2 Å². The minimum atomic E-state index is -1.16. The maximum absolute atomic E-state index is 12.5. The summed E-state index contributed by atoms with van der Waals surface area (Å²) in [6.45, 7) is 3.58. The molecule has 0 saturated carbocycles. The summed E-state index contributed by atoms with van der Waals surface area (Å²) in [5.74, 6) is -2.96. The molecule has 185 valence electrons. The highest BCUT2D eigenvalue weighted by Gasteiger charge is 2.44. The molecule has 1 aliphatic rings. The van der Waals surface area contributed by atoms with Crippen LogP contribution in [0.2, 0.25) is 10.0 Å². The molecule has 2 N–H and O–H groups in total. The van der Waals surface area contributed by atoms with Gasteiger partial charge in [-0.3, -0.25) is 24.1 Å². The maximum Gasteiger partial charge on any atom is 0.398 e. The SMILES string of the molecule is COC(=O)[C@H]1[C@H](C(=O)O[B][C@H](CC(C)C)NC(=O)CNC(=O)c2cc(Cl)ccc2Cl)OCN1C. The van der Waals surface area contributed by atoms with Gasteiger partial charge < -0.3 is 24.8 Å². The first-order valence-electron chi connectivity index (χ1n) is 10.5. The fraction of sp³-hybridized carbons (Fsp3) is 0.524. The first-order chi connectivity index (χ1) is 16.0. The van der Waals surface area contributed by atoms with Gasteiger partial charge in [-0.15, -0.1) is 0 Å². The number of nitrogens with one attached hydrogen (secondary N) is 2. The Labute approximate surface area is 208 Å². The van der Waals surface area contributed by atoms with Crippen molar-refractivity contribution in [1.82, 2.24) is 15.5 Å². The maximum atomic E-state index is 12.5. The number of carbonyl (C=O) groups excluding carboxylic acids is 4. The van der Waals surface area contributed by atoms with Crippen molar-refractivity contribution in [2.75, 3.05) is 27.4 Å². The summed E-state index contributed by atoms with van der Waals surface area (Å²) in [6.07, 6.45) is -0.704. The van der Waals surface area contributed by atoms with Gasteiger partial charge >= 0.3 is 19.4 Å². The van der Waals surface area contributed by atoms with Crippen LogP contribution in [0.4, 0.5) is 0 Å². The predicted octanol–water partition coefficient (Wildman–Crippen LogP) is 1.20. The van der Waals surface area contributed by atoms with Gasteiger partial charge in [0, 0.05) is 11.0 Å². The molecule has 1 heterocycles. The summed E-state index contributed by atoms with van der Waals surface area (Å²) in [4.78, 5) is 50.7. The highest BCUT2D eigenvalue weighted by atomic mass is 35.5. The second-order valence-electron chi connectivity index (χ2n) is 8.12. The summed E-state index contributed by atoms with van der Waals surface area (Å²) in [5.41, 5.74) is 0.142. The number of benzene rings is 1. The van der Waals surface area contributed by atoms with Gasteiger partial charge in [0.15, 0.2) is 6.10 Å². The highest BCUT2D eigenvalue weighted by Crippen LogP contribution is 2.20. The van der Waals surface area contributed by atoms with Crippen molar-refractivity contribution in [2.24, 2.45) is 5.92 Å². The Morgan fingerprint density at radius 1 is 1.24 bits per heavy atom. The van der Waals surface area contributed by atoms with E-state index in [1.165, 1.54) is 31.6 Å². The predicted molar refractivity (Wildman–Crippen MR) is 125 cm³/mol. The largest absolute Gasteiger partial charge is 0.534 e. The second-order valence-corrected chi connectivity index (χ2v) is 8.97. The average molecular weight is 515 g/mol. The summed E-state index contributed by atoms with van der Waals surface area (Å²) >= 11 is 11.9. The Bertz CT molecular complexity index is 918. The van der Waals surface area contributed by atoms with Crippen molar-refractivity contribution in [3.8, 4) is 0 Å². The van der Waals surface area contributed by atoms with E-state index in [4.69, 9.17) is 37.3 Å². The number of rotatable bonds is 10. The lowest BCUT2D eigenvalue weighted by Crippen LogP contribution is -2.48. The number of hydrogen-bond donors (Lipinski definition) is 2. The topological polar surface area (TPSA) is 123 Å². The van der Waals surface area contributed by atoms with Crippen molar-refractivity contribution in [3.05, 3.63) is 33.8 Å². The molecule has 2 amide bonds. The van der Waals surface area contributed by atoms with Gasteiger partial charge in [0.25, 0.3) is 5.91 Å². The molecule has 0 spiro atoms. The smallest absolute Gasteiger partial charge is 0.398 e. The van der Waals surface area contributed by atoms with Crippen LogP contribution in [0.3, 0.4) is 0 Å². The molecule has 0 aliphatic carbocycles. The normalized spacial score (nSPS) is 18.8. The molecule has 0 aromatic heterocycles. The lowest BCUT2D eigenvalue weighted by molar-refractivity contribution is -0.154. The van der Waals surface area contributed by atoms with E-state index in [2.05, 4.69) is 10.6 Å². The molecule has 0 bridgehead atoms. The van der Waals surface area contributed by atoms with Gasteiger partial charge in [-0.1, -0.05) is 37.0 Å². The Kier molecular flexibility index (Phi) is 10.6. The number of halogens is 2. The third kappa shape index (κ3) is 7.87. The molecule has 1 aromatic carbocycles. The van der Waals surface area contributed by atoms with Gasteiger partial charge in [0.1, 0.15) is 12.8 Å². The van der Waals surface area contributed by atoms with E-state index < -0.39 is 41.8 Å². The lowest BCUT2D eigenvalue weighted by Gasteiger charge is -2.22. The zero-order chi connectivity index (χ0) is 25.4. The van der Waals surface area contributed by atoms with Gasteiger partial charge in [0.2, 0.25) is 5.91 Å². The van der Waals surface area contributed by atoms with Gasteiger partial charge in [-0.2, -0.15) is 0 Å². The van der Waals surface area contributed by atoms with Crippen LogP contribution in [0.1, 0.15) is 30.6 Å². The molecule has 0 unspecified atom stereocenters. The molecule has 34 heavy (non-hydrogen) atoms. The quantitative estimate of drug-likeness (QED) is 0.352. The Morgan fingerprint density at radius 3 is 2.59 bits per heavy atom. The molecule has 1 fully saturated rings. The number of ether oxygens (including phenoxy) is 2. The van der Waals surface area contributed by atoms with Crippen molar-refractivity contribution in [3.63, 3.8) is 0 Å². The van der Waals surface area contributed by atoms with Crippen LogP contribution in [0.15, 0.2) is 18.2 Å². The van der Waals surface area contributed by atoms with E-state index in [-0.39, 0.29) is 29.8 Å². The minimum absolute atomic E-state index is 0.0576. The molecule has 1 aliphatic heterocycles. The number of esters is 1. The molecule has 1 radical (unpaired) electrons. The molecule has 10 nitrogen and oxygen atoms in total. The molecule has 3 atom stereocenters. The van der Waals surface area contributed by atoms with Crippen LogP contribution >= 0.6 is 23.2 Å². The van der Waals surface area contributed by atoms with Crippen LogP contribution in [0, 0.1) is 5.92 Å². The fourth-order valence-corrected chi connectivity index (χ4v) is 3.65. The number of methoxy groups -OCH3 is 1. The van der Waals surface area contributed by atoms with E-state index >= 15 is 0 Å². The average Bonchev–Trinajstić information content (AvgIpc) is 3.17. The number of nitrogens with zero attached hydrogens (tertiary/aromatic N) is 1. The van der Waals surface area contributed by atoms with Crippen molar-refractivity contribution in [2.45, 2.75) is 38.4 Å². The monoisotopic (exact) mass is 514 g/mol. The number of hydrogen-bond acceptors (Lipinski definition) is 8. The summed E-state index contributed by atoms with van der Waals surface area (Å²) < 4.78 is 15.3. The lowest BCUT2D eigenvalue weighted by atomic mass is 9.81. The van der Waals surface area contributed by atoms with Gasteiger partial charge in [-0.05, 0) is 37.6 Å². The Morgan fingerprint density at radius 2 is 1.94 bits per heavy atom. The van der Waals surface area contributed by atoms with Crippen LogP contribution in [0.5, 0.6) is 0 Å². The zero-order valence-electron chi connectivity index (χ0n) is 19.3. The van der Waals surface area contributed by atoms with Gasteiger partial charge in [0.05, 0.1) is 24.2 Å². The standard InChI is InChI=1S/C21H27BCl2N3O7/c1-11(2)7-15(22-34-21(31)18-17(20(30)32-4)27(3)10-33-18)26-16(28)9-25-19(29)13-8-12(23)5-6-14(13)24/h5-6,8,11,15,17-18H,7,9-10H2,1-4H3,(H,25,29)(H,26,28)/t15-,17+,18+/m0/s1. The molecular weight excluding hydrogens is 488 g/mol. The van der Waals surface area contributed by atoms with Crippen molar-refractivity contribution >= 4 is 54.4 Å². The molecule has 1 aromatic rings. The summed E-state index contributed by atoms with van der Waals surface area (Å²) in [5, 5.41) is 5.70. The van der Waals surface area contributed by atoms with Crippen LogP contribution < -0.4 is 10.6 Å².